The lowest BCUT2D eigenvalue weighted by atomic mass is 9.96. The van der Waals surface area contributed by atoms with Crippen LogP contribution in [0.2, 0.25) is 0 Å². The molecule has 5 aromatic rings. The third-order valence-electron chi connectivity index (χ3n) is 7.99. The maximum Gasteiger partial charge on any atom is 0.165 e. The second-order valence-electron chi connectivity index (χ2n) is 10.9. The fourth-order valence-corrected chi connectivity index (χ4v) is 6.31. The van der Waals surface area contributed by atoms with Crippen LogP contribution in [0.1, 0.15) is 48.2 Å². The third kappa shape index (κ3) is 4.93. The molecule has 14 heteroatoms. The van der Waals surface area contributed by atoms with Crippen molar-refractivity contribution in [3.63, 3.8) is 0 Å². The fraction of sp³-hybridized carbons (Fsp3) is 0.393. The van der Waals surface area contributed by atoms with Crippen LogP contribution in [0.15, 0.2) is 41.4 Å². The van der Waals surface area contributed by atoms with Gasteiger partial charge < -0.3 is 26.8 Å². The van der Waals surface area contributed by atoms with Crippen molar-refractivity contribution in [2.24, 2.45) is 7.05 Å². The summed E-state index contributed by atoms with van der Waals surface area (Å²) in [6, 6.07) is 1.95. The van der Waals surface area contributed by atoms with Gasteiger partial charge in [-0.2, -0.15) is 24.3 Å². The van der Waals surface area contributed by atoms with Crippen molar-refractivity contribution in [3.8, 4) is 11.1 Å². The molecule has 0 aromatic carbocycles. The summed E-state index contributed by atoms with van der Waals surface area (Å²) < 4.78 is 12.3. The minimum atomic E-state index is -0.291. The molecule has 7 rings (SSSR count). The number of aromatic nitrogens is 8. The van der Waals surface area contributed by atoms with Crippen LogP contribution in [0.3, 0.4) is 0 Å². The molecule has 42 heavy (non-hydrogen) atoms. The lowest BCUT2D eigenvalue weighted by Crippen LogP contribution is -2.40. The Labute approximate surface area is 250 Å². The van der Waals surface area contributed by atoms with Gasteiger partial charge in [0, 0.05) is 61.6 Å². The number of nitrogens with two attached hydrogens (primary N) is 2. The molecule has 3 atom stereocenters. The molecule has 2 aliphatic heterocycles. The van der Waals surface area contributed by atoms with E-state index >= 15 is 0 Å². The van der Waals surface area contributed by atoms with Gasteiger partial charge in [-0.15, -0.1) is 0 Å². The first kappa shape index (κ1) is 27.0. The van der Waals surface area contributed by atoms with Gasteiger partial charge in [-0.05, 0) is 41.7 Å². The highest BCUT2D eigenvalue weighted by molar-refractivity contribution is 9.10. The summed E-state index contributed by atoms with van der Waals surface area (Å²) in [7, 11) is 1.88. The molecular formula is C28H33BrN12O. The first-order valence-electron chi connectivity index (χ1n) is 14.2. The van der Waals surface area contributed by atoms with Gasteiger partial charge in [-0.1, -0.05) is 12.2 Å². The minimum absolute atomic E-state index is 0.0578. The van der Waals surface area contributed by atoms with Crippen molar-refractivity contribution in [2.75, 3.05) is 37.6 Å². The number of morpholine rings is 1. The van der Waals surface area contributed by atoms with Crippen LogP contribution in [0.5, 0.6) is 0 Å². The Morgan fingerprint density at radius 1 is 1.05 bits per heavy atom. The number of ether oxygens (including phenoxy) is 1. The van der Waals surface area contributed by atoms with E-state index in [1.807, 2.05) is 25.5 Å². The number of nitrogens with zero attached hydrogens (tertiary/aromatic N) is 8. The molecule has 0 amide bonds. The van der Waals surface area contributed by atoms with Crippen LogP contribution < -0.4 is 22.1 Å². The zero-order valence-corrected chi connectivity index (χ0v) is 24.8. The normalized spacial score (nSPS) is 21.6. The van der Waals surface area contributed by atoms with Crippen molar-refractivity contribution in [1.82, 2.24) is 49.6 Å². The number of anilines is 2. The highest BCUT2D eigenvalue weighted by Gasteiger charge is 2.28. The molecule has 218 valence electrons. The Kier molecular flexibility index (Phi) is 7.14. The van der Waals surface area contributed by atoms with Crippen LogP contribution in [-0.4, -0.2) is 71.3 Å². The molecule has 0 spiro atoms. The highest BCUT2D eigenvalue weighted by Crippen LogP contribution is 2.35. The van der Waals surface area contributed by atoms with Crippen molar-refractivity contribution in [2.45, 2.75) is 37.4 Å². The molecule has 7 heterocycles. The monoisotopic (exact) mass is 632 g/mol. The van der Waals surface area contributed by atoms with Crippen molar-refractivity contribution in [1.29, 1.82) is 0 Å². The molecule has 0 radical (unpaired) electrons. The summed E-state index contributed by atoms with van der Waals surface area (Å²) >= 11 is 3.65. The zero-order valence-electron chi connectivity index (χ0n) is 23.2. The van der Waals surface area contributed by atoms with Crippen LogP contribution in [0.25, 0.3) is 28.5 Å². The molecule has 2 saturated heterocycles. The quantitative estimate of drug-likeness (QED) is 0.219. The number of hydrogen-bond donors (Lipinski definition) is 4. The van der Waals surface area contributed by atoms with Gasteiger partial charge in [0.15, 0.2) is 11.3 Å². The lowest BCUT2D eigenvalue weighted by Gasteiger charge is -2.30. The SMILES string of the molecule is Cn1cc(-c2cnn3c(N)c(Br)c(C4CNCC(C/C=C\c5cnn6c(N)cc(C7CCCNC7)nc56)O4)nc23)cn1. The Bertz CT molecular complexity index is 1780. The zero-order chi connectivity index (χ0) is 28.8. The molecule has 3 unspecified atom stereocenters. The number of hydrogen-bond acceptors (Lipinski definition) is 10. The second-order valence-corrected chi connectivity index (χ2v) is 11.7. The van der Waals surface area contributed by atoms with Gasteiger partial charge >= 0.3 is 0 Å². The average Bonchev–Trinajstić information content (AvgIpc) is 3.74. The molecule has 6 N–H and O–H groups in total. The summed E-state index contributed by atoms with van der Waals surface area (Å²) in [5.41, 5.74) is 18.7. The third-order valence-corrected chi connectivity index (χ3v) is 8.80. The predicted molar refractivity (Wildman–Crippen MR) is 164 cm³/mol. The Balaban J connectivity index is 1.10. The van der Waals surface area contributed by atoms with Gasteiger partial charge in [0.1, 0.15) is 17.7 Å². The summed E-state index contributed by atoms with van der Waals surface area (Å²) in [6.45, 7) is 3.32. The van der Waals surface area contributed by atoms with E-state index in [0.717, 1.165) is 66.2 Å². The molecule has 0 aliphatic carbocycles. The maximum atomic E-state index is 6.54. The molecular weight excluding hydrogens is 600 g/mol. The number of nitrogen functional groups attached to an aromatic ring is 2. The van der Waals surface area contributed by atoms with Gasteiger partial charge in [0.05, 0.1) is 40.6 Å². The first-order valence-corrected chi connectivity index (χ1v) is 14.9. The average molecular weight is 634 g/mol. The van der Waals surface area contributed by atoms with Gasteiger partial charge in [0.2, 0.25) is 0 Å². The summed E-state index contributed by atoms with van der Waals surface area (Å²) in [6.07, 6.45) is 14.1. The number of aryl methyl sites for hydroxylation is 1. The summed E-state index contributed by atoms with van der Waals surface area (Å²) in [5.74, 6) is 1.43. The van der Waals surface area contributed by atoms with E-state index in [4.69, 9.17) is 26.2 Å². The van der Waals surface area contributed by atoms with E-state index in [1.54, 1.807) is 26.1 Å². The van der Waals surface area contributed by atoms with Crippen LogP contribution in [0, 0.1) is 0 Å². The van der Waals surface area contributed by atoms with Crippen LogP contribution >= 0.6 is 15.9 Å². The Hall–Kier alpha value is -3.85. The van der Waals surface area contributed by atoms with Gasteiger partial charge in [0.25, 0.3) is 0 Å². The van der Waals surface area contributed by atoms with Crippen LogP contribution in [-0.2, 0) is 11.8 Å². The number of rotatable bonds is 6. The number of halogens is 1. The predicted octanol–water partition coefficient (Wildman–Crippen LogP) is 2.70. The molecule has 0 saturated carbocycles. The van der Waals surface area contributed by atoms with E-state index in [0.29, 0.717) is 40.6 Å². The van der Waals surface area contributed by atoms with E-state index in [9.17, 15) is 0 Å². The van der Waals surface area contributed by atoms with E-state index in [1.165, 1.54) is 0 Å². The molecule has 2 aliphatic rings. The summed E-state index contributed by atoms with van der Waals surface area (Å²) in [5, 5.41) is 20.2. The van der Waals surface area contributed by atoms with Crippen molar-refractivity contribution in [3.05, 3.63) is 58.4 Å². The van der Waals surface area contributed by atoms with Crippen molar-refractivity contribution < 1.29 is 4.74 Å². The smallest absolute Gasteiger partial charge is 0.165 e. The molecule has 0 bridgehead atoms. The molecule has 5 aromatic heterocycles. The van der Waals surface area contributed by atoms with Crippen LogP contribution in [0.4, 0.5) is 11.6 Å². The molecule has 13 nitrogen and oxygen atoms in total. The molecule has 2 fully saturated rings. The Morgan fingerprint density at radius 2 is 1.93 bits per heavy atom. The standard InChI is InChI=1S/C28H33BrN12O/c1-39-15-18(11-34-39)20-13-36-41-26(31)24(29)25(38-28(20)41)22-14-33-12-19(42-22)6-2-4-17-10-35-40-23(30)8-21(37-27(17)40)16-5-3-7-32-9-16/h2,4,8,10-11,13,15-16,19,22,32-33H,3,5-7,9,12,14,30-31H2,1H3/b4-2-. The second kappa shape index (κ2) is 11.1. The number of fused-ring (bicyclic) bond motifs is 2. The highest BCUT2D eigenvalue weighted by atomic mass is 79.9. The van der Waals surface area contributed by atoms with E-state index < -0.39 is 0 Å². The fourth-order valence-electron chi connectivity index (χ4n) is 5.79. The largest absolute Gasteiger partial charge is 0.384 e. The topological polar surface area (TPSA) is 164 Å². The first-order chi connectivity index (χ1) is 20.5. The maximum absolute atomic E-state index is 6.54. The van der Waals surface area contributed by atoms with E-state index in [-0.39, 0.29) is 12.2 Å². The number of piperidine rings is 1. The summed E-state index contributed by atoms with van der Waals surface area (Å²) in [4.78, 5) is 9.92. The van der Waals surface area contributed by atoms with E-state index in [2.05, 4.69) is 54.0 Å². The van der Waals surface area contributed by atoms with Crippen molar-refractivity contribution >= 4 is 44.9 Å². The van der Waals surface area contributed by atoms with Gasteiger partial charge in [-0.3, -0.25) is 4.68 Å². The lowest BCUT2D eigenvalue weighted by molar-refractivity contribution is -0.0389. The van der Waals surface area contributed by atoms with Gasteiger partial charge in [-0.25, -0.2) is 9.97 Å². The Morgan fingerprint density at radius 3 is 2.74 bits per heavy atom. The minimum Gasteiger partial charge on any atom is -0.384 e. The number of nitrogens with one attached hydrogen (secondary N) is 2.